The van der Waals surface area contributed by atoms with Crippen molar-refractivity contribution in [3.63, 3.8) is 0 Å². The lowest BCUT2D eigenvalue weighted by Gasteiger charge is -2.32. The molecule has 3 atom stereocenters. The van der Waals surface area contributed by atoms with Gasteiger partial charge in [-0.2, -0.15) is 0 Å². The maximum atomic E-state index is 13.2. The number of benzene rings is 2. The van der Waals surface area contributed by atoms with Crippen LogP contribution in [0.2, 0.25) is 0 Å². The molecule has 2 aromatic carbocycles. The number of ether oxygens (including phenoxy) is 3. The SMILES string of the molecule is COc1cc2ncn(CCC3NC[C@@H]4CCc5c(OC)cccc5[C@H]34)c(=O)c2cc1OC.Cl.Cl. The molecule has 1 aromatic heterocycles. The van der Waals surface area contributed by atoms with Crippen LogP contribution in [0, 0.1) is 5.92 Å². The second-order valence-corrected chi connectivity index (χ2v) is 8.62. The minimum Gasteiger partial charge on any atom is -0.496 e. The maximum absolute atomic E-state index is 13.2. The largest absolute Gasteiger partial charge is 0.496 e. The molecule has 2 aliphatic rings. The summed E-state index contributed by atoms with van der Waals surface area (Å²) in [7, 11) is 4.89. The van der Waals surface area contributed by atoms with Crippen LogP contribution in [-0.4, -0.2) is 43.5 Å². The van der Waals surface area contributed by atoms with Gasteiger partial charge in [0.15, 0.2) is 11.5 Å². The standard InChI is InChI=1S/C25H29N3O4.2ClH/c1-30-21-6-4-5-17-16(21)8-7-15-13-26-19(24(15)17)9-10-28-14-27-20-12-23(32-3)22(31-2)11-18(20)25(28)29;;/h4-6,11-12,14-15,19,24,26H,7-10,13H2,1-3H3;2*1H/t15-,19?,24+;;/m0../s1. The molecule has 0 bridgehead atoms. The van der Waals surface area contributed by atoms with Gasteiger partial charge in [-0.1, -0.05) is 12.1 Å². The number of hydrogen-bond acceptors (Lipinski definition) is 6. The van der Waals surface area contributed by atoms with E-state index in [1.807, 2.05) is 0 Å². The zero-order chi connectivity index (χ0) is 22.2. The van der Waals surface area contributed by atoms with Crippen LogP contribution < -0.4 is 25.1 Å². The van der Waals surface area contributed by atoms with Gasteiger partial charge in [0, 0.05) is 24.6 Å². The molecular formula is C25H31Cl2N3O4. The van der Waals surface area contributed by atoms with E-state index in [9.17, 15) is 4.79 Å². The predicted molar refractivity (Wildman–Crippen MR) is 138 cm³/mol. The van der Waals surface area contributed by atoms with Crippen molar-refractivity contribution in [2.24, 2.45) is 5.92 Å². The molecule has 0 amide bonds. The molecule has 1 aliphatic carbocycles. The predicted octanol–water partition coefficient (Wildman–Crippen LogP) is 3.97. The number of fused-ring (bicyclic) bond motifs is 4. The molecule has 1 saturated heterocycles. The Bertz CT molecular complexity index is 1220. The maximum Gasteiger partial charge on any atom is 0.261 e. The number of methoxy groups -OCH3 is 3. The van der Waals surface area contributed by atoms with Crippen molar-refractivity contribution in [1.82, 2.24) is 14.9 Å². The van der Waals surface area contributed by atoms with Crippen molar-refractivity contribution in [2.75, 3.05) is 27.9 Å². The van der Waals surface area contributed by atoms with Crippen molar-refractivity contribution in [1.29, 1.82) is 0 Å². The van der Waals surface area contributed by atoms with Gasteiger partial charge in [0.1, 0.15) is 5.75 Å². The first-order valence-corrected chi connectivity index (χ1v) is 11.1. The molecule has 0 radical (unpaired) electrons. The Morgan fingerprint density at radius 2 is 1.79 bits per heavy atom. The number of nitrogens with one attached hydrogen (secondary N) is 1. The highest BCUT2D eigenvalue weighted by Crippen LogP contribution is 2.45. The lowest BCUT2D eigenvalue weighted by molar-refractivity contribution is 0.355. The second-order valence-electron chi connectivity index (χ2n) is 8.62. The van der Waals surface area contributed by atoms with Gasteiger partial charge in [-0.15, -0.1) is 24.8 Å². The highest BCUT2D eigenvalue weighted by molar-refractivity contribution is 5.85. The van der Waals surface area contributed by atoms with Crippen LogP contribution in [0.4, 0.5) is 0 Å². The molecule has 0 saturated carbocycles. The van der Waals surface area contributed by atoms with E-state index in [1.165, 1.54) is 17.5 Å². The minimum atomic E-state index is -0.0591. The fraction of sp³-hybridized carbons (Fsp3) is 0.440. The zero-order valence-electron chi connectivity index (χ0n) is 19.6. The summed E-state index contributed by atoms with van der Waals surface area (Å²) in [4.78, 5) is 17.7. The third kappa shape index (κ3) is 4.44. The molecule has 1 aliphatic heterocycles. The summed E-state index contributed by atoms with van der Waals surface area (Å²) < 4.78 is 18.0. The number of hydrogen-bond donors (Lipinski definition) is 1. The zero-order valence-corrected chi connectivity index (χ0v) is 21.2. The molecule has 1 fully saturated rings. The van der Waals surface area contributed by atoms with Crippen LogP contribution in [-0.2, 0) is 13.0 Å². The lowest BCUT2D eigenvalue weighted by Crippen LogP contribution is -2.31. The summed E-state index contributed by atoms with van der Waals surface area (Å²) in [6, 6.07) is 10.2. The van der Waals surface area contributed by atoms with Gasteiger partial charge in [0.25, 0.3) is 5.56 Å². The third-order valence-electron chi connectivity index (χ3n) is 7.11. The topological polar surface area (TPSA) is 74.6 Å². The van der Waals surface area contributed by atoms with Crippen LogP contribution >= 0.6 is 24.8 Å². The molecule has 1 unspecified atom stereocenters. The van der Waals surface area contributed by atoms with Crippen molar-refractivity contribution < 1.29 is 14.2 Å². The van der Waals surface area contributed by atoms with E-state index >= 15 is 0 Å². The Kier molecular flexibility index (Phi) is 8.34. The van der Waals surface area contributed by atoms with Crippen molar-refractivity contribution in [3.05, 3.63) is 58.1 Å². The van der Waals surface area contributed by atoms with E-state index < -0.39 is 0 Å². The summed E-state index contributed by atoms with van der Waals surface area (Å²) >= 11 is 0. The molecule has 2 heterocycles. The molecule has 5 rings (SSSR count). The van der Waals surface area contributed by atoms with E-state index in [4.69, 9.17) is 14.2 Å². The molecule has 3 aromatic rings. The van der Waals surface area contributed by atoms with E-state index in [-0.39, 0.29) is 30.4 Å². The van der Waals surface area contributed by atoms with Gasteiger partial charge in [0.2, 0.25) is 0 Å². The van der Waals surface area contributed by atoms with Crippen LogP contribution in [0.15, 0.2) is 41.5 Å². The van der Waals surface area contributed by atoms with E-state index in [0.717, 1.165) is 25.1 Å². The van der Waals surface area contributed by atoms with Gasteiger partial charge in [-0.05, 0) is 55.0 Å². The Labute approximate surface area is 211 Å². The fourth-order valence-electron chi connectivity index (χ4n) is 5.53. The average Bonchev–Trinajstić information content (AvgIpc) is 3.26. The summed E-state index contributed by atoms with van der Waals surface area (Å²) in [6.07, 6.45) is 4.73. The smallest absolute Gasteiger partial charge is 0.261 e. The van der Waals surface area contributed by atoms with Crippen molar-refractivity contribution in [3.8, 4) is 17.2 Å². The molecule has 7 nitrogen and oxygen atoms in total. The van der Waals surface area contributed by atoms with Crippen LogP contribution in [0.1, 0.15) is 29.9 Å². The summed E-state index contributed by atoms with van der Waals surface area (Å²) in [6.45, 7) is 1.63. The quantitative estimate of drug-likeness (QED) is 0.543. The average molecular weight is 508 g/mol. The molecular weight excluding hydrogens is 477 g/mol. The second kappa shape index (κ2) is 10.8. The molecule has 0 spiro atoms. The van der Waals surface area contributed by atoms with Crippen LogP contribution in [0.25, 0.3) is 10.9 Å². The van der Waals surface area contributed by atoms with Gasteiger partial charge >= 0.3 is 0 Å². The van der Waals surface area contributed by atoms with Gasteiger partial charge in [-0.25, -0.2) is 4.98 Å². The highest BCUT2D eigenvalue weighted by atomic mass is 35.5. The molecule has 184 valence electrons. The Morgan fingerprint density at radius 3 is 2.53 bits per heavy atom. The first kappa shape index (κ1) is 26.1. The van der Waals surface area contributed by atoms with Crippen molar-refractivity contribution >= 4 is 35.7 Å². The van der Waals surface area contributed by atoms with Crippen molar-refractivity contribution in [2.45, 2.75) is 37.8 Å². The van der Waals surface area contributed by atoms with Gasteiger partial charge < -0.3 is 19.5 Å². The van der Waals surface area contributed by atoms with Crippen LogP contribution in [0.5, 0.6) is 17.2 Å². The lowest BCUT2D eigenvalue weighted by atomic mass is 9.73. The van der Waals surface area contributed by atoms with E-state index in [1.54, 1.807) is 44.4 Å². The summed E-state index contributed by atoms with van der Waals surface area (Å²) in [5.74, 6) is 3.16. The van der Waals surface area contributed by atoms with E-state index in [2.05, 4.69) is 28.5 Å². The van der Waals surface area contributed by atoms with Gasteiger partial charge in [-0.3, -0.25) is 9.36 Å². The number of aryl methyl sites for hydroxylation is 1. The number of nitrogens with zero attached hydrogens (tertiary/aromatic N) is 2. The summed E-state index contributed by atoms with van der Waals surface area (Å²) in [5, 5.41) is 4.26. The Balaban J connectivity index is 0.00000162. The minimum absolute atomic E-state index is 0. The number of rotatable bonds is 6. The number of halogens is 2. The first-order chi connectivity index (χ1) is 15.6. The monoisotopic (exact) mass is 507 g/mol. The molecule has 1 N–H and O–H groups in total. The molecule has 9 heteroatoms. The fourth-order valence-corrected chi connectivity index (χ4v) is 5.53. The normalized spacial score (nSPS) is 20.5. The number of aromatic nitrogens is 2. The highest BCUT2D eigenvalue weighted by Gasteiger charge is 2.40. The Hall–Kier alpha value is -2.48. The summed E-state index contributed by atoms with van der Waals surface area (Å²) in [5.41, 5.74) is 3.29. The first-order valence-electron chi connectivity index (χ1n) is 11.1. The van der Waals surface area contributed by atoms with Crippen LogP contribution in [0.3, 0.4) is 0 Å². The molecule has 34 heavy (non-hydrogen) atoms. The third-order valence-corrected chi connectivity index (χ3v) is 7.11. The van der Waals surface area contributed by atoms with E-state index in [0.29, 0.717) is 46.8 Å². The van der Waals surface area contributed by atoms with Gasteiger partial charge in [0.05, 0.1) is 38.6 Å². The Morgan fingerprint density at radius 1 is 1.06 bits per heavy atom.